The van der Waals surface area contributed by atoms with Gasteiger partial charge in [0.05, 0.1) is 19.6 Å². The molecule has 1 aromatic carbocycles. The van der Waals surface area contributed by atoms with Crippen molar-refractivity contribution in [1.82, 2.24) is 10.2 Å². The monoisotopic (exact) mass is 278 g/mol. The summed E-state index contributed by atoms with van der Waals surface area (Å²) < 4.78 is 4.80. The van der Waals surface area contributed by atoms with E-state index in [-0.39, 0.29) is 24.8 Å². The lowest BCUT2D eigenvalue weighted by atomic mass is 10.2. The number of benzene rings is 1. The summed E-state index contributed by atoms with van der Waals surface area (Å²) in [4.78, 5) is 24.6. The fourth-order valence-corrected chi connectivity index (χ4v) is 1.70. The number of hydrogen-bond acceptors (Lipinski definition) is 4. The molecule has 0 spiro atoms. The van der Waals surface area contributed by atoms with Gasteiger partial charge in [0.2, 0.25) is 5.91 Å². The second kappa shape index (κ2) is 9.09. The zero-order chi connectivity index (χ0) is 14.8. The van der Waals surface area contributed by atoms with Crippen LogP contribution in [0.15, 0.2) is 30.3 Å². The molecule has 1 N–H and O–H groups in total. The van der Waals surface area contributed by atoms with Gasteiger partial charge in [0, 0.05) is 20.1 Å². The van der Waals surface area contributed by atoms with Crippen LogP contribution in [0.25, 0.3) is 0 Å². The van der Waals surface area contributed by atoms with Gasteiger partial charge in [-0.2, -0.15) is 0 Å². The molecule has 0 aliphatic rings. The highest BCUT2D eigenvalue weighted by atomic mass is 16.5. The lowest BCUT2D eigenvalue weighted by Gasteiger charge is -2.17. The Bertz CT molecular complexity index is 420. The maximum atomic E-state index is 11.9. The Hall–Kier alpha value is -1.88. The predicted molar refractivity (Wildman–Crippen MR) is 77.0 cm³/mol. The van der Waals surface area contributed by atoms with E-state index in [1.54, 1.807) is 18.9 Å². The minimum atomic E-state index is -0.245. The second-order valence-corrected chi connectivity index (χ2v) is 4.47. The van der Waals surface area contributed by atoms with Crippen LogP contribution in [-0.4, -0.2) is 43.5 Å². The molecule has 110 valence electrons. The standard InChI is InChI=1S/C15H22N2O3/c1-3-20-15(19)9-10-16-11-14(18)17(2)12-13-7-5-4-6-8-13/h4-8,16H,3,9-12H2,1-2H3. The van der Waals surface area contributed by atoms with Gasteiger partial charge in [-0.1, -0.05) is 30.3 Å². The third kappa shape index (κ3) is 6.33. The normalized spacial score (nSPS) is 10.1. The van der Waals surface area contributed by atoms with E-state index in [2.05, 4.69) is 5.32 Å². The zero-order valence-corrected chi connectivity index (χ0v) is 12.1. The van der Waals surface area contributed by atoms with Crippen LogP contribution in [0.4, 0.5) is 0 Å². The molecule has 5 heteroatoms. The van der Waals surface area contributed by atoms with Crippen molar-refractivity contribution in [2.45, 2.75) is 19.9 Å². The van der Waals surface area contributed by atoms with Crippen molar-refractivity contribution in [2.24, 2.45) is 0 Å². The number of rotatable bonds is 8. The minimum absolute atomic E-state index is 0.00212. The SMILES string of the molecule is CCOC(=O)CCNCC(=O)N(C)Cc1ccccc1. The number of carbonyl (C=O) groups excluding carboxylic acids is 2. The highest BCUT2D eigenvalue weighted by molar-refractivity contribution is 5.78. The molecule has 0 saturated heterocycles. The predicted octanol–water partition coefficient (Wildman–Crippen LogP) is 1.19. The van der Waals surface area contributed by atoms with Crippen molar-refractivity contribution in [3.63, 3.8) is 0 Å². The second-order valence-electron chi connectivity index (χ2n) is 4.47. The topological polar surface area (TPSA) is 58.6 Å². The van der Waals surface area contributed by atoms with E-state index < -0.39 is 0 Å². The molecule has 1 rings (SSSR count). The Balaban J connectivity index is 2.20. The molecule has 0 unspecified atom stereocenters. The van der Waals surface area contributed by atoms with Gasteiger partial charge in [0.15, 0.2) is 0 Å². The number of esters is 1. The molecule has 0 aromatic heterocycles. The number of nitrogens with one attached hydrogen (secondary N) is 1. The van der Waals surface area contributed by atoms with E-state index in [1.807, 2.05) is 30.3 Å². The van der Waals surface area contributed by atoms with E-state index in [1.165, 1.54) is 0 Å². The van der Waals surface area contributed by atoms with E-state index in [9.17, 15) is 9.59 Å². The van der Waals surface area contributed by atoms with Crippen LogP contribution in [-0.2, 0) is 20.9 Å². The molecule has 0 saturated carbocycles. The van der Waals surface area contributed by atoms with E-state index in [4.69, 9.17) is 4.74 Å². The maximum Gasteiger partial charge on any atom is 0.307 e. The van der Waals surface area contributed by atoms with Gasteiger partial charge in [-0.25, -0.2) is 0 Å². The third-order valence-electron chi connectivity index (χ3n) is 2.78. The fourth-order valence-electron chi connectivity index (χ4n) is 1.70. The average Bonchev–Trinajstić information content (AvgIpc) is 2.44. The molecule has 0 heterocycles. The molecule has 0 aliphatic heterocycles. The summed E-state index contributed by atoms with van der Waals surface area (Å²) in [7, 11) is 1.77. The Morgan fingerprint density at radius 2 is 1.95 bits per heavy atom. The van der Waals surface area contributed by atoms with Crippen LogP contribution in [0, 0.1) is 0 Å². The number of amides is 1. The number of ether oxygens (including phenoxy) is 1. The number of nitrogens with zero attached hydrogens (tertiary/aromatic N) is 1. The van der Waals surface area contributed by atoms with Crippen molar-refractivity contribution >= 4 is 11.9 Å². The molecule has 1 amide bonds. The van der Waals surface area contributed by atoms with Crippen molar-refractivity contribution in [1.29, 1.82) is 0 Å². The number of carbonyl (C=O) groups is 2. The van der Waals surface area contributed by atoms with Crippen LogP contribution >= 0.6 is 0 Å². The highest BCUT2D eigenvalue weighted by Crippen LogP contribution is 2.02. The average molecular weight is 278 g/mol. The molecule has 5 nitrogen and oxygen atoms in total. The van der Waals surface area contributed by atoms with Crippen LogP contribution in [0.1, 0.15) is 18.9 Å². The van der Waals surface area contributed by atoms with E-state index >= 15 is 0 Å². The van der Waals surface area contributed by atoms with Gasteiger partial charge >= 0.3 is 5.97 Å². The van der Waals surface area contributed by atoms with Gasteiger partial charge in [-0.15, -0.1) is 0 Å². The first-order chi connectivity index (χ1) is 9.63. The molecule has 20 heavy (non-hydrogen) atoms. The maximum absolute atomic E-state index is 11.9. The van der Waals surface area contributed by atoms with Crippen LogP contribution < -0.4 is 5.32 Å². The first-order valence-corrected chi connectivity index (χ1v) is 6.77. The first kappa shape index (κ1) is 16.2. The summed E-state index contributed by atoms with van der Waals surface area (Å²) in [5, 5.41) is 2.95. The molecule has 0 bridgehead atoms. The van der Waals surface area contributed by atoms with E-state index in [0.717, 1.165) is 5.56 Å². The Morgan fingerprint density at radius 3 is 2.60 bits per heavy atom. The Morgan fingerprint density at radius 1 is 1.25 bits per heavy atom. The molecule has 0 aliphatic carbocycles. The smallest absolute Gasteiger partial charge is 0.307 e. The Labute approximate surface area is 119 Å². The van der Waals surface area contributed by atoms with Gasteiger partial charge in [0.1, 0.15) is 0 Å². The van der Waals surface area contributed by atoms with E-state index in [0.29, 0.717) is 19.7 Å². The number of likely N-dealkylation sites (N-methyl/N-ethyl adjacent to an activating group) is 1. The summed E-state index contributed by atoms with van der Waals surface area (Å²) in [5.74, 6) is -0.247. The van der Waals surface area contributed by atoms with Gasteiger partial charge < -0.3 is 15.0 Å². The van der Waals surface area contributed by atoms with Crippen molar-refractivity contribution in [3.8, 4) is 0 Å². The number of hydrogen-bond donors (Lipinski definition) is 1. The fraction of sp³-hybridized carbons (Fsp3) is 0.467. The minimum Gasteiger partial charge on any atom is -0.466 e. The van der Waals surface area contributed by atoms with Crippen LogP contribution in [0.3, 0.4) is 0 Å². The Kier molecular flexibility index (Phi) is 7.35. The van der Waals surface area contributed by atoms with Crippen LogP contribution in [0.5, 0.6) is 0 Å². The largest absolute Gasteiger partial charge is 0.466 e. The molecule has 1 aromatic rings. The highest BCUT2D eigenvalue weighted by Gasteiger charge is 2.09. The summed E-state index contributed by atoms with van der Waals surface area (Å²) in [6.07, 6.45) is 0.281. The molecule has 0 radical (unpaired) electrons. The van der Waals surface area contributed by atoms with Gasteiger partial charge in [-0.05, 0) is 12.5 Å². The van der Waals surface area contributed by atoms with Crippen molar-refractivity contribution in [3.05, 3.63) is 35.9 Å². The van der Waals surface area contributed by atoms with Gasteiger partial charge in [0.25, 0.3) is 0 Å². The van der Waals surface area contributed by atoms with Crippen LogP contribution in [0.2, 0.25) is 0 Å². The zero-order valence-electron chi connectivity index (χ0n) is 12.1. The van der Waals surface area contributed by atoms with Crippen molar-refractivity contribution in [2.75, 3.05) is 26.7 Å². The van der Waals surface area contributed by atoms with Crippen molar-refractivity contribution < 1.29 is 14.3 Å². The summed E-state index contributed by atoms with van der Waals surface area (Å²) >= 11 is 0. The lowest BCUT2D eigenvalue weighted by molar-refractivity contribution is -0.143. The van der Waals surface area contributed by atoms with Gasteiger partial charge in [-0.3, -0.25) is 9.59 Å². The quantitative estimate of drug-likeness (QED) is 0.573. The summed E-state index contributed by atoms with van der Waals surface area (Å²) in [6, 6.07) is 9.81. The molecular weight excluding hydrogens is 256 g/mol. The summed E-state index contributed by atoms with van der Waals surface area (Å²) in [6.45, 7) is 3.41. The third-order valence-corrected chi connectivity index (χ3v) is 2.78. The lowest BCUT2D eigenvalue weighted by Crippen LogP contribution is -2.36. The molecule has 0 fully saturated rings. The summed E-state index contributed by atoms with van der Waals surface area (Å²) in [5.41, 5.74) is 1.09. The molecule has 0 atom stereocenters. The first-order valence-electron chi connectivity index (χ1n) is 6.77. The molecular formula is C15H22N2O3.